The number of amides is 1. The van der Waals surface area contributed by atoms with Gasteiger partial charge in [0, 0.05) is 16.8 Å². The molecule has 0 spiro atoms. The van der Waals surface area contributed by atoms with E-state index in [1.54, 1.807) is 0 Å². The molecule has 0 saturated carbocycles. The molecule has 1 amide bonds. The van der Waals surface area contributed by atoms with Crippen LogP contribution in [0.15, 0.2) is 73.7 Å². The van der Waals surface area contributed by atoms with E-state index >= 15 is 0 Å². The van der Waals surface area contributed by atoms with E-state index in [9.17, 15) is 46.0 Å². The number of nitrogens with zero attached hydrogens (tertiary/aromatic N) is 5. The maximum absolute atomic E-state index is 13.1. The highest BCUT2D eigenvalue weighted by atomic mass is 32.2. The van der Waals surface area contributed by atoms with Gasteiger partial charge >= 0.3 is 0 Å². The summed E-state index contributed by atoms with van der Waals surface area (Å²) in [6, 6.07) is 7.01. The lowest BCUT2D eigenvalue weighted by atomic mass is 10.1. The van der Waals surface area contributed by atoms with E-state index in [4.69, 9.17) is 0 Å². The Bertz CT molecular complexity index is 1770. The van der Waals surface area contributed by atoms with Gasteiger partial charge in [-0.2, -0.15) is 37.2 Å². The van der Waals surface area contributed by atoms with E-state index in [0.29, 0.717) is 5.01 Å². The van der Waals surface area contributed by atoms with Crippen LogP contribution in [0, 0.1) is 10.1 Å². The fraction of sp³-hybridized carbons (Fsp3) is 0.100. The number of nitro groups is 1. The number of benzene rings is 3. The van der Waals surface area contributed by atoms with Crippen LogP contribution in [-0.4, -0.2) is 53.6 Å². The molecule has 17 heteroatoms. The fourth-order valence-corrected chi connectivity index (χ4v) is 5.00. The Morgan fingerprint density at radius 3 is 2.27 bits per heavy atom. The van der Waals surface area contributed by atoms with Crippen molar-refractivity contribution in [2.24, 2.45) is 15.3 Å². The largest absolute Gasteiger partial charge is 0.505 e. The van der Waals surface area contributed by atoms with Gasteiger partial charge in [-0.25, -0.2) is 0 Å². The number of fused-ring (bicyclic) bond motifs is 1. The van der Waals surface area contributed by atoms with Gasteiger partial charge in [0.25, 0.3) is 31.8 Å². The van der Waals surface area contributed by atoms with Gasteiger partial charge in [0.05, 0.1) is 22.4 Å². The van der Waals surface area contributed by atoms with E-state index in [0.717, 1.165) is 42.5 Å². The number of carbonyl (C=O) groups excluding carboxylic acids is 1. The van der Waals surface area contributed by atoms with E-state index in [1.807, 2.05) is 0 Å². The first kappa shape index (κ1) is 25.8. The Morgan fingerprint density at radius 2 is 1.68 bits per heavy atom. The number of phenolic OH excluding ortho intramolecular Hbond substituents is 1. The van der Waals surface area contributed by atoms with Crippen LogP contribution < -0.4 is 5.01 Å². The summed E-state index contributed by atoms with van der Waals surface area (Å²) in [5.41, 5.74) is -0.766. The van der Waals surface area contributed by atoms with E-state index in [-0.39, 0.29) is 27.9 Å². The summed E-state index contributed by atoms with van der Waals surface area (Å²) in [6.45, 7) is 1.39. The molecule has 192 valence electrons. The maximum Gasteiger partial charge on any atom is 0.295 e. The smallest absolute Gasteiger partial charge is 0.295 e. The number of phenols is 1. The van der Waals surface area contributed by atoms with Gasteiger partial charge in [-0.05, 0) is 31.2 Å². The van der Waals surface area contributed by atoms with E-state index < -0.39 is 58.3 Å². The maximum atomic E-state index is 13.1. The monoisotopic (exact) mass is 549 g/mol. The standard InChI is InChI=1S/C20H15N5O10S2/c1-10-19(22-21-15-6-5-11(25(28)29)8-16(15)26)20(27)24(23-10)12-7-14-13(18(9-12)37(33,34)35)3-2-4-17(14)36(30,31)32/h2-9,19,26H,1H3,(H,30,31,32)(H,33,34,35). The molecule has 0 saturated heterocycles. The summed E-state index contributed by atoms with van der Waals surface area (Å²) >= 11 is 0. The molecule has 1 heterocycles. The molecule has 4 rings (SSSR count). The van der Waals surface area contributed by atoms with Gasteiger partial charge in [-0.15, -0.1) is 0 Å². The molecule has 37 heavy (non-hydrogen) atoms. The molecule has 0 aliphatic carbocycles. The normalized spacial score (nSPS) is 16.5. The molecule has 3 aromatic rings. The van der Waals surface area contributed by atoms with Crippen LogP contribution >= 0.6 is 0 Å². The van der Waals surface area contributed by atoms with Crippen molar-refractivity contribution in [1.29, 1.82) is 0 Å². The molecule has 0 radical (unpaired) electrons. The van der Waals surface area contributed by atoms with Gasteiger partial charge in [-0.1, -0.05) is 12.1 Å². The van der Waals surface area contributed by atoms with Gasteiger partial charge in [0.1, 0.15) is 21.2 Å². The minimum Gasteiger partial charge on any atom is -0.505 e. The van der Waals surface area contributed by atoms with Crippen molar-refractivity contribution < 1.29 is 40.8 Å². The average molecular weight is 549 g/mol. The van der Waals surface area contributed by atoms with Crippen molar-refractivity contribution in [3.63, 3.8) is 0 Å². The number of hydrogen-bond acceptors (Lipinski definition) is 11. The lowest BCUT2D eigenvalue weighted by molar-refractivity contribution is -0.384. The zero-order valence-corrected chi connectivity index (χ0v) is 20.1. The molecule has 3 N–H and O–H groups in total. The zero-order valence-electron chi connectivity index (χ0n) is 18.4. The highest BCUT2D eigenvalue weighted by Crippen LogP contribution is 2.35. The summed E-state index contributed by atoms with van der Waals surface area (Å²) in [6.07, 6.45) is 0. The van der Waals surface area contributed by atoms with Crippen LogP contribution in [-0.2, 0) is 25.0 Å². The van der Waals surface area contributed by atoms with Crippen LogP contribution in [0.5, 0.6) is 5.75 Å². The third kappa shape index (κ3) is 4.87. The Hall–Kier alpha value is -4.32. The Balaban J connectivity index is 1.78. The highest BCUT2D eigenvalue weighted by Gasteiger charge is 2.36. The number of hydrazone groups is 1. The fourth-order valence-electron chi connectivity index (χ4n) is 3.57. The first-order valence-electron chi connectivity index (χ1n) is 9.97. The first-order valence-corrected chi connectivity index (χ1v) is 12.9. The number of anilines is 1. The SMILES string of the molecule is CC1=NN(c2cc(S(=O)(=O)O)c3cccc(S(=O)(=O)O)c3c2)C(=O)C1N=Nc1ccc([N+](=O)[O-])cc1O. The second kappa shape index (κ2) is 8.96. The van der Waals surface area contributed by atoms with Crippen LogP contribution in [0.25, 0.3) is 10.8 Å². The number of carbonyl (C=O) groups is 1. The van der Waals surface area contributed by atoms with Crippen molar-refractivity contribution in [1.82, 2.24) is 0 Å². The third-order valence-electron chi connectivity index (χ3n) is 5.25. The van der Waals surface area contributed by atoms with Crippen molar-refractivity contribution in [3.8, 4) is 5.75 Å². The number of hydrogen-bond donors (Lipinski definition) is 3. The summed E-state index contributed by atoms with van der Waals surface area (Å²) < 4.78 is 67.1. The lowest BCUT2D eigenvalue weighted by Gasteiger charge is -2.16. The second-order valence-corrected chi connectivity index (χ2v) is 10.5. The minimum absolute atomic E-state index is 0.0757. The summed E-state index contributed by atoms with van der Waals surface area (Å²) in [7, 11) is -9.76. The Kier molecular flexibility index (Phi) is 6.24. The molecule has 0 bridgehead atoms. The predicted molar refractivity (Wildman–Crippen MR) is 127 cm³/mol. The van der Waals surface area contributed by atoms with Crippen molar-refractivity contribution in [2.75, 3.05) is 5.01 Å². The quantitative estimate of drug-likeness (QED) is 0.176. The van der Waals surface area contributed by atoms with Gasteiger partial charge in [0.2, 0.25) is 0 Å². The molecule has 0 aromatic heterocycles. The Labute approximate surface area is 208 Å². The summed E-state index contributed by atoms with van der Waals surface area (Å²) in [5, 5.41) is 32.5. The molecular formula is C20H15N5O10S2. The molecule has 1 aliphatic heterocycles. The molecule has 15 nitrogen and oxygen atoms in total. The number of aromatic hydroxyl groups is 1. The topological polar surface area (TPSA) is 229 Å². The zero-order chi connectivity index (χ0) is 27.3. The molecule has 3 aromatic carbocycles. The number of non-ortho nitro benzene ring substituents is 1. The molecule has 0 fully saturated rings. The van der Waals surface area contributed by atoms with Crippen LogP contribution in [0.2, 0.25) is 0 Å². The van der Waals surface area contributed by atoms with E-state index in [1.165, 1.54) is 13.0 Å². The minimum atomic E-state index is -4.93. The van der Waals surface area contributed by atoms with E-state index in [2.05, 4.69) is 15.3 Å². The lowest BCUT2D eigenvalue weighted by Crippen LogP contribution is -2.29. The van der Waals surface area contributed by atoms with Crippen molar-refractivity contribution in [3.05, 3.63) is 58.6 Å². The van der Waals surface area contributed by atoms with Gasteiger partial charge < -0.3 is 5.11 Å². The first-order chi connectivity index (χ1) is 17.2. The third-order valence-corrected chi connectivity index (χ3v) is 7.06. The highest BCUT2D eigenvalue weighted by molar-refractivity contribution is 7.86. The number of azo groups is 1. The number of nitro benzene ring substituents is 1. The average Bonchev–Trinajstić information content (AvgIpc) is 3.08. The van der Waals surface area contributed by atoms with Crippen molar-refractivity contribution >= 4 is 59.7 Å². The van der Waals surface area contributed by atoms with Crippen LogP contribution in [0.1, 0.15) is 6.92 Å². The molecular weight excluding hydrogens is 534 g/mol. The van der Waals surface area contributed by atoms with Crippen LogP contribution in [0.4, 0.5) is 17.1 Å². The number of rotatable bonds is 6. The molecule has 1 atom stereocenters. The predicted octanol–water partition coefficient (Wildman–Crippen LogP) is 2.82. The van der Waals surface area contributed by atoms with Gasteiger partial charge in [0.15, 0.2) is 6.04 Å². The Morgan fingerprint density at radius 1 is 1.00 bits per heavy atom. The second-order valence-electron chi connectivity index (χ2n) is 7.68. The van der Waals surface area contributed by atoms with Crippen LogP contribution in [0.3, 0.4) is 0 Å². The molecule has 1 aliphatic rings. The summed E-state index contributed by atoms with van der Waals surface area (Å²) in [5.74, 6) is -1.42. The summed E-state index contributed by atoms with van der Waals surface area (Å²) in [4.78, 5) is 21.7. The van der Waals surface area contributed by atoms with Gasteiger partial charge in [-0.3, -0.25) is 24.0 Å². The molecule has 1 unspecified atom stereocenters. The van der Waals surface area contributed by atoms with Crippen molar-refractivity contribution in [2.45, 2.75) is 22.8 Å².